The second kappa shape index (κ2) is 14.5. The molecule has 0 saturated heterocycles. The summed E-state index contributed by atoms with van der Waals surface area (Å²) < 4.78 is 11.3. The molecule has 1 unspecified atom stereocenters. The monoisotopic (exact) mass is 543 g/mol. The van der Waals surface area contributed by atoms with E-state index >= 15 is 0 Å². The standard InChI is InChI=1S/C24H37N3O3.HI/c1-5-25-23(27-18-24(4,28)22-17-19(2)30-20(22)3)26-14-9-10-15-29-16-13-21-11-7-6-8-12-21;/h6-8,11-12,17,28H,5,9-10,13-16,18H2,1-4H3,(H2,25,26,27);1H. The average molecular weight is 543 g/mol. The van der Waals surface area contributed by atoms with E-state index in [9.17, 15) is 5.11 Å². The van der Waals surface area contributed by atoms with E-state index < -0.39 is 5.60 Å². The summed E-state index contributed by atoms with van der Waals surface area (Å²) in [5.74, 6) is 2.24. The predicted octanol–water partition coefficient (Wildman–Crippen LogP) is 4.32. The van der Waals surface area contributed by atoms with Crippen LogP contribution in [0.15, 0.2) is 45.8 Å². The Hall–Kier alpha value is -1.58. The number of hydrogen-bond donors (Lipinski definition) is 3. The maximum Gasteiger partial charge on any atom is 0.191 e. The van der Waals surface area contributed by atoms with Crippen molar-refractivity contribution in [1.82, 2.24) is 10.6 Å². The Morgan fingerprint density at radius 3 is 2.52 bits per heavy atom. The van der Waals surface area contributed by atoms with Gasteiger partial charge in [-0.3, -0.25) is 0 Å². The lowest BCUT2D eigenvalue weighted by atomic mass is 9.96. The number of nitrogens with one attached hydrogen (secondary N) is 2. The molecule has 1 aromatic heterocycles. The van der Waals surface area contributed by atoms with E-state index in [-0.39, 0.29) is 30.5 Å². The lowest BCUT2D eigenvalue weighted by molar-refractivity contribution is 0.0657. The van der Waals surface area contributed by atoms with Gasteiger partial charge in [0, 0.05) is 25.3 Å². The van der Waals surface area contributed by atoms with Crippen molar-refractivity contribution >= 4 is 29.9 Å². The largest absolute Gasteiger partial charge is 0.466 e. The van der Waals surface area contributed by atoms with Gasteiger partial charge in [0.1, 0.15) is 17.1 Å². The normalized spacial score (nSPS) is 13.4. The fourth-order valence-electron chi connectivity index (χ4n) is 3.30. The first kappa shape index (κ1) is 27.5. The highest BCUT2D eigenvalue weighted by molar-refractivity contribution is 14.0. The number of nitrogens with zero attached hydrogens (tertiary/aromatic N) is 1. The average Bonchev–Trinajstić information content (AvgIpc) is 3.08. The molecular weight excluding hydrogens is 505 g/mol. The van der Waals surface area contributed by atoms with Crippen LogP contribution >= 0.6 is 24.0 Å². The molecule has 0 aliphatic heterocycles. The van der Waals surface area contributed by atoms with Crippen molar-refractivity contribution in [1.29, 1.82) is 0 Å². The number of aryl methyl sites for hydroxylation is 2. The fourth-order valence-corrected chi connectivity index (χ4v) is 3.30. The molecule has 0 saturated carbocycles. The van der Waals surface area contributed by atoms with Crippen molar-refractivity contribution in [3.05, 3.63) is 59.0 Å². The minimum absolute atomic E-state index is 0. The number of furan rings is 1. The first-order valence-electron chi connectivity index (χ1n) is 10.9. The summed E-state index contributed by atoms with van der Waals surface area (Å²) in [7, 11) is 0. The zero-order valence-electron chi connectivity index (χ0n) is 19.2. The number of hydrogen-bond acceptors (Lipinski definition) is 4. The summed E-state index contributed by atoms with van der Waals surface area (Å²) >= 11 is 0. The Bertz CT molecular complexity index is 776. The van der Waals surface area contributed by atoms with Gasteiger partial charge in [0.25, 0.3) is 0 Å². The van der Waals surface area contributed by atoms with Gasteiger partial charge >= 0.3 is 0 Å². The highest BCUT2D eigenvalue weighted by atomic mass is 127. The van der Waals surface area contributed by atoms with Crippen LogP contribution in [0.4, 0.5) is 0 Å². The Morgan fingerprint density at radius 2 is 1.87 bits per heavy atom. The summed E-state index contributed by atoms with van der Waals surface area (Å²) in [6.45, 7) is 10.9. The van der Waals surface area contributed by atoms with Crippen molar-refractivity contribution < 1.29 is 14.3 Å². The number of benzene rings is 1. The van der Waals surface area contributed by atoms with Gasteiger partial charge in [-0.25, -0.2) is 4.99 Å². The van der Waals surface area contributed by atoms with Gasteiger partial charge < -0.3 is 24.9 Å². The van der Waals surface area contributed by atoms with Gasteiger partial charge in [0.05, 0.1) is 13.2 Å². The highest BCUT2D eigenvalue weighted by Crippen LogP contribution is 2.27. The molecule has 1 heterocycles. The summed E-state index contributed by atoms with van der Waals surface area (Å²) in [5.41, 5.74) is 1.02. The number of rotatable bonds is 12. The minimum Gasteiger partial charge on any atom is -0.466 e. The van der Waals surface area contributed by atoms with Crippen molar-refractivity contribution in [3.63, 3.8) is 0 Å². The number of unbranched alkanes of at least 4 members (excludes halogenated alkanes) is 1. The van der Waals surface area contributed by atoms with Crippen LogP contribution in [-0.2, 0) is 16.8 Å². The van der Waals surface area contributed by atoms with Crippen molar-refractivity contribution in [2.24, 2.45) is 4.99 Å². The smallest absolute Gasteiger partial charge is 0.191 e. The maximum atomic E-state index is 10.8. The third-order valence-corrected chi connectivity index (χ3v) is 4.90. The van der Waals surface area contributed by atoms with Gasteiger partial charge in [-0.2, -0.15) is 0 Å². The number of guanidine groups is 1. The molecule has 0 radical (unpaired) electrons. The topological polar surface area (TPSA) is 79.0 Å². The molecule has 6 nitrogen and oxygen atoms in total. The molecule has 174 valence electrons. The van der Waals surface area contributed by atoms with Gasteiger partial charge in [-0.05, 0) is 58.6 Å². The van der Waals surface area contributed by atoms with Crippen LogP contribution in [0.5, 0.6) is 0 Å². The van der Waals surface area contributed by atoms with Crippen LogP contribution in [0.25, 0.3) is 0 Å². The number of halogens is 1. The van der Waals surface area contributed by atoms with E-state index in [1.807, 2.05) is 32.9 Å². The van der Waals surface area contributed by atoms with E-state index in [1.165, 1.54) is 5.56 Å². The van der Waals surface area contributed by atoms with Crippen LogP contribution in [-0.4, -0.2) is 43.9 Å². The van der Waals surface area contributed by atoms with E-state index in [2.05, 4.69) is 39.9 Å². The number of ether oxygens (including phenoxy) is 1. The maximum absolute atomic E-state index is 10.8. The van der Waals surface area contributed by atoms with Crippen LogP contribution in [0.2, 0.25) is 0 Å². The molecular formula is C24H38IN3O3. The Balaban J connectivity index is 0.00000480. The van der Waals surface area contributed by atoms with Crippen LogP contribution in [0.1, 0.15) is 49.3 Å². The molecule has 0 bridgehead atoms. The van der Waals surface area contributed by atoms with Crippen LogP contribution in [0.3, 0.4) is 0 Å². The molecule has 2 aromatic rings. The molecule has 0 fully saturated rings. The Morgan fingerprint density at radius 1 is 1.13 bits per heavy atom. The molecule has 0 aliphatic rings. The van der Waals surface area contributed by atoms with Gasteiger partial charge in [-0.15, -0.1) is 24.0 Å². The Labute approximate surface area is 203 Å². The molecule has 0 amide bonds. The molecule has 7 heteroatoms. The molecule has 1 atom stereocenters. The van der Waals surface area contributed by atoms with Crippen molar-refractivity contribution in [3.8, 4) is 0 Å². The number of aliphatic hydroxyl groups is 1. The zero-order valence-corrected chi connectivity index (χ0v) is 21.6. The van der Waals surface area contributed by atoms with Gasteiger partial charge in [0.15, 0.2) is 5.96 Å². The van der Waals surface area contributed by atoms with E-state index in [0.717, 1.165) is 62.6 Å². The van der Waals surface area contributed by atoms with Gasteiger partial charge in [0.2, 0.25) is 0 Å². The molecule has 31 heavy (non-hydrogen) atoms. The third kappa shape index (κ3) is 10.1. The van der Waals surface area contributed by atoms with Crippen LogP contribution in [0, 0.1) is 13.8 Å². The van der Waals surface area contributed by atoms with E-state index in [0.29, 0.717) is 5.96 Å². The highest BCUT2D eigenvalue weighted by Gasteiger charge is 2.27. The lowest BCUT2D eigenvalue weighted by Gasteiger charge is -2.21. The quantitative estimate of drug-likeness (QED) is 0.161. The minimum atomic E-state index is -1.07. The van der Waals surface area contributed by atoms with Crippen molar-refractivity contribution in [2.45, 2.75) is 52.6 Å². The summed E-state index contributed by atoms with van der Waals surface area (Å²) in [6.07, 6.45) is 2.94. The van der Waals surface area contributed by atoms with E-state index in [4.69, 9.17) is 9.15 Å². The SMILES string of the molecule is CCNC(=NCC(C)(O)c1cc(C)oc1C)NCCCCOCCc1ccccc1.I. The third-order valence-electron chi connectivity index (χ3n) is 4.90. The summed E-state index contributed by atoms with van der Waals surface area (Å²) in [5, 5.41) is 17.4. The van der Waals surface area contributed by atoms with E-state index in [1.54, 1.807) is 6.92 Å². The molecule has 0 spiro atoms. The number of aliphatic imine (C=N–C) groups is 1. The van der Waals surface area contributed by atoms with Gasteiger partial charge in [-0.1, -0.05) is 30.3 Å². The lowest BCUT2D eigenvalue weighted by Crippen LogP contribution is -2.39. The fraction of sp³-hybridized carbons (Fsp3) is 0.542. The summed E-state index contributed by atoms with van der Waals surface area (Å²) in [6, 6.07) is 12.3. The molecule has 3 N–H and O–H groups in total. The molecule has 0 aliphatic carbocycles. The second-order valence-corrected chi connectivity index (χ2v) is 7.78. The Kier molecular flexibility index (Phi) is 12.8. The molecule has 2 rings (SSSR count). The van der Waals surface area contributed by atoms with Crippen LogP contribution < -0.4 is 10.6 Å². The second-order valence-electron chi connectivity index (χ2n) is 7.78. The summed E-state index contributed by atoms with van der Waals surface area (Å²) in [4.78, 5) is 4.56. The molecule has 1 aromatic carbocycles. The first-order valence-corrected chi connectivity index (χ1v) is 10.9. The first-order chi connectivity index (χ1) is 14.4. The van der Waals surface area contributed by atoms with Crippen molar-refractivity contribution in [2.75, 3.05) is 32.8 Å². The zero-order chi connectivity index (χ0) is 21.8. The predicted molar refractivity (Wildman–Crippen MR) is 137 cm³/mol.